The van der Waals surface area contributed by atoms with Crippen molar-refractivity contribution >= 4 is 11.6 Å². The highest BCUT2D eigenvalue weighted by molar-refractivity contribution is 6.31. The largest absolute Gasteiger partial charge is 0.309 e. The molecule has 0 saturated heterocycles. The zero-order chi connectivity index (χ0) is 13.0. The first-order valence-corrected chi connectivity index (χ1v) is 6.09. The molecule has 0 spiro atoms. The zero-order valence-electron chi connectivity index (χ0n) is 10.1. The molecule has 4 heteroatoms. The Labute approximate surface area is 111 Å². The number of rotatable bonds is 4. The predicted molar refractivity (Wildman–Crippen MR) is 70.9 cm³/mol. The van der Waals surface area contributed by atoms with Crippen molar-refractivity contribution in [2.45, 2.75) is 20.0 Å². The van der Waals surface area contributed by atoms with E-state index < -0.39 is 0 Å². The standard InChI is InChI=1S/C14H14ClFN2/c1-10-7-17-6-5-11(10)8-18-9-12-3-2-4-13(16)14(12)15/h2-7,18H,8-9H2,1H3. The van der Waals surface area contributed by atoms with Crippen LogP contribution in [0.5, 0.6) is 0 Å². The van der Waals surface area contributed by atoms with Gasteiger partial charge in [-0.15, -0.1) is 0 Å². The van der Waals surface area contributed by atoms with Gasteiger partial charge in [-0.05, 0) is 35.7 Å². The fraction of sp³-hybridized carbons (Fsp3) is 0.214. The summed E-state index contributed by atoms with van der Waals surface area (Å²) in [7, 11) is 0. The Morgan fingerprint density at radius 2 is 2.00 bits per heavy atom. The molecule has 0 saturated carbocycles. The number of pyridine rings is 1. The predicted octanol–water partition coefficient (Wildman–Crippen LogP) is 3.47. The van der Waals surface area contributed by atoms with E-state index in [9.17, 15) is 4.39 Å². The summed E-state index contributed by atoms with van der Waals surface area (Å²) in [6.07, 6.45) is 3.59. The Hall–Kier alpha value is -1.45. The van der Waals surface area contributed by atoms with Gasteiger partial charge in [0.15, 0.2) is 0 Å². The Kier molecular flexibility index (Phi) is 4.28. The van der Waals surface area contributed by atoms with Gasteiger partial charge in [-0.1, -0.05) is 23.7 Å². The van der Waals surface area contributed by atoms with Gasteiger partial charge < -0.3 is 5.32 Å². The van der Waals surface area contributed by atoms with Crippen LogP contribution in [0.25, 0.3) is 0 Å². The number of hydrogen-bond donors (Lipinski definition) is 1. The summed E-state index contributed by atoms with van der Waals surface area (Å²) in [6.45, 7) is 3.26. The van der Waals surface area contributed by atoms with E-state index in [0.29, 0.717) is 13.1 Å². The minimum Gasteiger partial charge on any atom is -0.309 e. The van der Waals surface area contributed by atoms with E-state index in [1.165, 1.54) is 11.6 Å². The number of halogens is 2. The molecule has 1 heterocycles. The third-order valence-electron chi connectivity index (χ3n) is 2.80. The molecule has 2 aromatic rings. The molecule has 0 atom stereocenters. The molecule has 0 radical (unpaired) electrons. The first kappa shape index (κ1) is 13.0. The highest BCUT2D eigenvalue weighted by atomic mass is 35.5. The SMILES string of the molecule is Cc1cnccc1CNCc1cccc(F)c1Cl. The molecule has 0 aliphatic heterocycles. The van der Waals surface area contributed by atoms with Crippen molar-refractivity contribution in [2.24, 2.45) is 0 Å². The Morgan fingerprint density at radius 3 is 2.78 bits per heavy atom. The number of benzene rings is 1. The van der Waals surface area contributed by atoms with E-state index in [2.05, 4.69) is 10.3 Å². The van der Waals surface area contributed by atoms with Crippen LogP contribution >= 0.6 is 11.6 Å². The van der Waals surface area contributed by atoms with Gasteiger partial charge in [0, 0.05) is 25.5 Å². The van der Waals surface area contributed by atoms with Gasteiger partial charge in [0.1, 0.15) is 5.82 Å². The van der Waals surface area contributed by atoms with Gasteiger partial charge in [-0.2, -0.15) is 0 Å². The lowest BCUT2D eigenvalue weighted by Crippen LogP contribution is -2.14. The van der Waals surface area contributed by atoms with Gasteiger partial charge in [0.05, 0.1) is 5.02 Å². The van der Waals surface area contributed by atoms with Crippen molar-refractivity contribution in [3.63, 3.8) is 0 Å². The first-order chi connectivity index (χ1) is 8.68. The molecule has 1 N–H and O–H groups in total. The van der Waals surface area contributed by atoms with Crippen molar-refractivity contribution in [3.05, 3.63) is 64.2 Å². The number of nitrogens with zero attached hydrogens (tertiary/aromatic N) is 1. The van der Waals surface area contributed by atoms with Gasteiger partial charge >= 0.3 is 0 Å². The maximum absolute atomic E-state index is 13.2. The van der Waals surface area contributed by atoms with Crippen molar-refractivity contribution in [3.8, 4) is 0 Å². The Morgan fingerprint density at radius 1 is 1.22 bits per heavy atom. The second-order valence-corrected chi connectivity index (χ2v) is 4.50. The summed E-state index contributed by atoms with van der Waals surface area (Å²) >= 11 is 5.88. The second kappa shape index (κ2) is 5.94. The third kappa shape index (κ3) is 3.06. The summed E-state index contributed by atoms with van der Waals surface area (Å²) in [5.41, 5.74) is 3.08. The second-order valence-electron chi connectivity index (χ2n) is 4.12. The topological polar surface area (TPSA) is 24.9 Å². The van der Waals surface area contributed by atoms with E-state index in [1.807, 2.05) is 25.3 Å². The van der Waals surface area contributed by atoms with E-state index in [-0.39, 0.29) is 10.8 Å². The maximum Gasteiger partial charge on any atom is 0.142 e. The van der Waals surface area contributed by atoms with Crippen molar-refractivity contribution in [1.82, 2.24) is 10.3 Å². The molecular formula is C14H14ClFN2. The molecular weight excluding hydrogens is 251 g/mol. The normalized spacial score (nSPS) is 10.6. The first-order valence-electron chi connectivity index (χ1n) is 5.71. The number of aryl methyl sites for hydroxylation is 1. The molecule has 18 heavy (non-hydrogen) atoms. The van der Waals surface area contributed by atoms with Crippen LogP contribution in [0.2, 0.25) is 5.02 Å². The Balaban J connectivity index is 1.97. The van der Waals surface area contributed by atoms with Crippen LogP contribution in [0, 0.1) is 12.7 Å². The zero-order valence-corrected chi connectivity index (χ0v) is 10.8. The summed E-state index contributed by atoms with van der Waals surface area (Å²) < 4.78 is 13.2. The summed E-state index contributed by atoms with van der Waals surface area (Å²) in [4.78, 5) is 4.04. The summed E-state index contributed by atoms with van der Waals surface area (Å²) in [6, 6.07) is 6.81. The van der Waals surface area contributed by atoms with Crippen LogP contribution < -0.4 is 5.32 Å². The molecule has 2 rings (SSSR count). The Bertz CT molecular complexity index is 543. The maximum atomic E-state index is 13.2. The van der Waals surface area contributed by atoms with E-state index in [1.54, 1.807) is 12.3 Å². The minimum absolute atomic E-state index is 0.191. The fourth-order valence-corrected chi connectivity index (χ4v) is 1.91. The molecule has 0 fully saturated rings. The summed E-state index contributed by atoms with van der Waals surface area (Å²) in [5.74, 6) is -0.379. The van der Waals surface area contributed by atoms with Crippen LogP contribution in [-0.4, -0.2) is 4.98 Å². The van der Waals surface area contributed by atoms with Crippen LogP contribution in [0.3, 0.4) is 0 Å². The number of hydrogen-bond acceptors (Lipinski definition) is 2. The highest BCUT2D eigenvalue weighted by Crippen LogP contribution is 2.19. The van der Waals surface area contributed by atoms with Crippen LogP contribution in [0.15, 0.2) is 36.7 Å². The lowest BCUT2D eigenvalue weighted by atomic mass is 10.1. The van der Waals surface area contributed by atoms with Gasteiger partial charge in [0.25, 0.3) is 0 Å². The molecule has 94 valence electrons. The van der Waals surface area contributed by atoms with E-state index >= 15 is 0 Å². The molecule has 1 aromatic heterocycles. The average Bonchev–Trinajstić information content (AvgIpc) is 2.37. The van der Waals surface area contributed by atoms with Gasteiger partial charge in [-0.25, -0.2) is 4.39 Å². The van der Waals surface area contributed by atoms with Crippen molar-refractivity contribution in [2.75, 3.05) is 0 Å². The number of aromatic nitrogens is 1. The number of nitrogens with one attached hydrogen (secondary N) is 1. The molecule has 0 unspecified atom stereocenters. The molecule has 0 aliphatic carbocycles. The molecule has 0 amide bonds. The van der Waals surface area contributed by atoms with E-state index in [0.717, 1.165) is 11.1 Å². The minimum atomic E-state index is -0.379. The van der Waals surface area contributed by atoms with Crippen LogP contribution in [0.1, 0.15) is 16.7 Å². The van der Waals surface area contributed by atoms with Crippen molar-refractivity contribution < 1.29 is 4.39 Å². The smallest absolute Gasteiger partial charge is 0.142 e. The lowest BCUT2D eigenvalue weighted by Gasteiger charge is -2.08. The molecule has 0 bridgehead atoms. The third-order valence-corrected chi connectivity index (χ3v) is 3.22. The van der Waals surface area contributed by atoms with Crippen LogP contribution in [0.4, 0.5) is 4.39 Å². The molecule has 1 aromatic carbocycles. The van der Waals surface area contributed by atoms with E-state index in [4.69, 9.17) is 11.6 Å². The molecule has 2 nitrogen and oxygen atoms in total. The average molecular weight is 265 g/mol. The van der Waals surface area contributed by atoms with Gasteiger partial charge in [-0.3, -0.25) is 4.98 Å². The van der Waals surface area contributed by atoms with Gasteiger partial charge in [0.2, 0.25) is 0 Å². The summed E-state index contributed by atoms with van der Waals surface area (Å²) in [5, 5.41) is 3.44. The molecule has 0 aliphatic rings. The highest BCUT2D eigenvalue weighted by Gasteiger charge is 2.05. The fourth-order valence-electron chi connectivity index (χ4n) is 1.72. The van der Waals surface area contributed by atoms with Crippen LogP contribution in [-0.2, 0) is 13.1 Å². The lowest BCUT2D eigenvalue weighted by molar-refractivity contribution is 0.620. The quantitative estimate of drug-likeness (QED) is 0.915. The monoisotopic (exact) mass is 264 g/mol. The van der Waals surface area contributed by atoms with Crippen molar-refractivity contribution in [1.29, 1.82) is 0 Å².